The minimum atomic E-state index is -0.158. The van der Waals surface area contributed by atoms with Crippen molar-refractivity contribution >= 4 is 11.9 Å². The van der Waals surface area contributed by atoms with Gasteiger partial charge in [-0.3, -0.25) is 9.48 Å². The van der Waals surface area contributed by atoms with Gasteiger partial charge in [0.2, 0.25) is 5.95 Å². The lowest BCUT2D eigenvalue weighted by molar-refractivity contribution is 0.0913. The van der Waals surface area contributed by atoms with E-state index in [1.807, 2.05) is 26.2 Å². The molecule has 3 heterocycles. The summed E-state index contributed by atoms with van der Waals surface area (Å²) in [5, 5.41) is 7.46. The number of morpholine rings is 1. The predicted octanol–water partition coefficient (Wildman–Crippen LogP) is 1.80. The van der Waals surface area contributed by atoms with Crippen LogP contribution in [0.2, 0.25) is 0 Å². The summed E-state index contributed by atoms with van der Waals surface area (Å²) < 4.78 is 7.14. The van der Waals surface area contributed by atoms with Gasteiger partial charge in [-0.1, -0.05) is 13.8 Å². The monoisotopic (exact) mass is 384 g/mol. The van der Waals surface area contributed by atoms with Gasteiger partial charge in [0.25, 0.3) is 5.91 Å². The summed E-state index contributed by atoms with van der Waals surface area (Å²) in [6, 6.07) is 1.69. The number of carbonyl (C=O) groups is 1. The molecule has 0 spiro atoms. The second-order valence-corrected chi connectivity index (χ2v) is 8.54. The number of hydrogen-bond acceptors (Lipinski definition) is 6. The molecule has 0 aromatic carbocycles. The number of nitrogens with one attached hydrogen (secondary N) is 1. The van der Waals surface area contributed by atoms with E-state index in [0.29, 0.717) is 18.9 Å². The van der Waals surface area contributed by atoms with Crippen LogP contribution in [0.4, 0.5) is 5.95 Å². The lowest BCUT2D eigenvalue weighted by atomic mass is 9.74. The highest BCUT2D eigenvalue weighted by molar-refractivity contribution is 5.92. The highest BCUT2D eigenvalue weighted by Gasteiger charge is 2.35. The molecule has 1 N–H and O–H groups in total. The van der Waals surface area contributed by atoms with E-state index >= 15 is 0 Å². The summed E-state index contributed by atoms with van der Waals surface area (Å²) in [6.07, 6.45) is 3.60. The van der Waals surface area contributed by atoms with Crippen molar-refractivity contribution in [3.8, 4) is 0 Å². The van der Waals surface area contributed by atoms with E-state index in [9.17, 15) is 4.79 Å². The Morgan fingerprint density at radius 3 is 2.75 bits per heavy atom. The Morgan fingerprint density at radius 1 is 1.32 bits per heavy atom. The smallest absolute Gasteiger partial charge is 0.272 e. The molecule has 4 rings (SSSR count). The zero-order chi connectivity index (χ0) is 19.9. The van der Waals surface area contributed by atoms with Crippen LogP contribution in [0.5, 0.6) is 0 Å². The Balaban J connectivity index is 1.59. The molecule has 28 heavy (non-hydrogen) atoms. The maximum absolute atomic E-state index is 12.8. The Labute approximate surface area is 165 Å². The summed E-state index contributed by atoms with van der Waals surface area (Å²) >= 11 is 0. The van der Waals surface area contributed by atoms with Crippen LogP contribution in [0.1, 0.15) is 53.7 Å². The fourth-order valence-corrected chi connectivity index (χ4v) is 3.98. The molecule has 0 saturated carbocycles. The molecule has 8 heteroatoms. The third-order valence-corrected chi connectivity index (χ3v) is 5.61. The molecule has 1 unspecified atom stereocenters. The third kappa shape index (κ3) is 3.73. The minimum Gasteiger partial charge on any atom is -0.378 e. The lowest BCUT2D eigenvalue weighted by Gasteiger charge is -2.37. The number of aryl methyl sites for hydroxylation is 2. The number of amides is 1. The van der Waals surface area contributed by atoms with Crippen LogP contribution in [-0.2, 0) is 18.2 Å². The van der Waals surface area contributed by atoms with Crippen LogP contribution in [0.3, 0.4) is 0 Å². The van der Waals surface area contributed by atoms with E-state index in [1.165, 1.54) is 0 Å². The first-order valence-electron chi connectivity index (χ1n) is 9.82. The molecule has 2 aliphatic rings. The fourth-order valence-electron chi connectivity index (χ4n) is 3.98. The maximum atomic E-state index is 12.8. The van der Waals surface area contributed by atoms with Gasteiger partial charge in [-0.15, -0.1) is 0 Å². The second kappa shape index (κ2) is 7.16. The van der Waals surface area contributed by atoms with Crippen LogP contribution in [-0.4, -0.2) is 52.0 Å². The van der Waals surface area contributed by atoms with Gasteiger partial charge >= 0.3 is 0 Å². The average Bonchev–Trinajstić information content (AvgIpc) is 3.00. The molecule has 1 amide bonds. The molecule has 1 aliphatic heterocycles. The van der Waals surface area contributed by atoms with E-state index < -0.39 is 0 Å². The van der Waals surface area contributed by atoms with Crippen LogP contribution >= 0.6 is 0 Å². The van der Waals surface area contributed by atoms with Crippen LogP contribution in [0, 0.1) is 12.3 Å². The molecule has 0 bridgehead atoms. The number of fused-ring (bicyclic) bond motifs is 1. The number of aromatic nitrogens is 4. The van der Waals surface area contributed by atoms with Crippen molar-refractivity contribution in [1.82, 2.24) is 25.1 Å². The van der Waals surface area contributed by atoms with Gasteiger partial charge in [0, 0.05) is 37.6 Å². The van der Waals surface area contributed by atoms with Crippen molar-refractivity contribution in [2.45, 2.75) is 39.7 Å². The van der Waals surface area contributed by atoms with Crippen molar-refractivity contribution in [3.05, 3.63) is 34.9 Å². The first-order valence-corrected chi connectivity index (χ1v) is 9.82. The zero-order valence-electron chi connectivity index (χ0n) is 17.0. The number of hydrogen-bond donors (Lipinski definition) is 1. The summed E-state index contributed by atoms with van der Waals surface area (Å²) in [4.78, 5) is 24.4. The normalized spacial score (nSPS) is 21.3. The SMILES string of the molecule is Cc1cc(C(=O)NC2CC(C)(C)Cc3nc(N4CCOCC4)ncc32)nn1C. The molecular weight excluding hydrogens is 356 g/mol. The lowest BCUT2D eigenvalue weighted by Crippen LogP contribution is -2.39. The molecule has 1 fully saturated rings. The van der Waals surface area contributed by atoms with E-state index in [0.717, 1.165) is 48.8 Å². The summed E-state index contributed by atoms with van der Waals surface area (Å²) in [5.74, 6) is 0.597. The van der Waals surface area contributed by atoms with Crippen LogP contribution in [0.15, 0.2) is 12.3 Å². The molecule has 2 aromatic heterocycles. The van der Waals surface area contributed by atoms with Crippen molar-refractivity contribution in [2.75, 3.05) is 31.2 Å². The largest absolute Gasteiger partial charge is 0.378 e. The standard InChI is InChI=1S/C20H28N6O2/c1-13-9-15(24-25(13)4)18(27)22-16-10-20(2,3)11-17-14(16)12-21-19(23-17)26-5-7-28-8-6-26/h9,12,16H,5-8,10-11H2,1-4H3,(H,22,27). The molecule has 2 aromatic rings. The molecule has 1 saturated heterocycles. The number of anilines is 1. The molecule has 8 nitrogen and oxygen atoms in total. The second-order valence-electron chi connectivity index (χ2n) is 8.54. The van der Waals surface area contributed by atoms with Crippen molar-refractivity contribution in [1.29, 1.82) is 0 Å². The van der Waals surface area contributed by atoms with E-state index in [2.05, 4.69) is 34.1 Å². The molecule has 1 aliphatic carbocycles. The maximum Gasteiger partial charge on any atom is 0.272 e. The van der Waals surface area contributed by atoms with Crippen molar-refractivity contribution in [3.63, 3.8) is 0 Å². The highest BCUT2D eigenvalue weighted by Crippen LogP contribution is 2.40. The highest BCUT2D eigenvalue weighted by atomic mass is 16.5. The number of ether oxygens (including phenoxy) is 1. The van der Waals surface area contributed by atoms with Crippen molar-refractivity contribution in [2.24, 2.45) is 12.5 Å². The first kappa shape index (κ1) is 18.9. The van der Waals surface area contributed by atoms with Gasteiger partial charge in [0.05, 0.1) is 24.9 Å². The fraction of sp³-hybridized carbons (Fsp3) is 0.600. The van der Waals surface area contributed by atoms with E-state index in [1.54, 1.807) is 4.68 Å². The topological polar surface area (TPSA) is 85.2 Å². The number of rotatable bonds is 3. The van der Waals surface area contributed by atoms with Gasteiger partial charge in [-0.2, -0.15) is 5.10 Å². The predicted molar refractivity (Wildman–Crippen MR) is 105 cm³/mol. The Kier molecular flexibility index (Phi) is 4.82. The quantitative estimate of drug-likeness (QED) is 0.869. The third-order valence-electron chi connectivity index (χ3n) is 5.61. The Hall–Kier alpha value is -2.48. The Morgan fingerprint density at radius 2 is 2.07 bits per heavy atom. The summed E-state index contributed by atoms with van der Waals surface area (Å²) in [7, 11) is 1.84. The van der Waals surface area contributed by atoms with Crippen LogP contribution < -0.4 is 10.2 Å². The number of carbonyl (C=O) groups excluding carboxylic acids is 1. The van der Waals surface area contributed by atoms with Gasteiger partial charge in [-0.05, 0) is 31.2 Å². The first-order chi connectivity index (χ1) is 13.3. The van der Waals surface area contributed by atoms with E-state index in [-0.39, 0.29) is 17.4 Å². The van der Waals surface area contributed by atoms with Gasteiger partial charge in [-0.25, -0.2) is 9.97 Å². The molecule has 0 radical (unpaired) electrons. The molecule has 150 valence electrons. The van der Waals surface area contributed by atoms with E-state index in [4.69, 9.17) is 9.72 Å². The van der Waals surface area contributed by atoms with Crippen LogP contribution in [0.25, 0.3) is 0 Å². The summed E-state index contributed by atoms with van der Waals surface area (Å²) in [6.45, 7) is 9.39. The molecule has 1 atom stereocenters. The van der Waals surface area contributed by atoms with Crippen molar-refractivity contribution < 1.29 is 9.53 Å². The Bertz CT molecular complexity index is 865. The van der Waals surface area contributed by atoms with Gasteiger partial charge in [0.15, 0.2) is 0 Å². The van der Waals surface area contributed by atoms with Gasteiger partial charge < -0.3 is 15.0 Å². The van der Waals surface area contributed by atoms with Gasteiger partial charge in [0.1, 0.15) is 5.69 Å². The zero-order valence-corrected chi connectivity index (χ0v) is 17.0. The number of nitrogens with zero attached hydrogens (tertiary/aromatic N) is 5. The molecular formula is C20H28N6O2. The minimum absolute atomic E-state index is 0.0433. The average molecular weight is 384 g/mol. The summed E-state index contributed by atoms with van der Waals surface area (Å²) in [5.41, 5.74) is 3.47.